The molecule has 0 amide bonds. The number of nitrogens with one attached hydrogen (secondary N) is 1. The van der Waals surface area contributed by atoms with Crippen molar-refractivity contribution in [3.63, 3.8) is 0 Å². The van der Waals surface area contributed by atoms with Crippen LogP contribution in [-0.2, 0) is 14.9 Å². The van der Waals surface area contributed by atoms with E-state index in [1.807, 2.05) is 19.1 Å². The molecule has 1 aliphatic heterocycles. The van der Waals surface area contributed by atoms with Crippen molar-refractivity contribution in [3.8, 4) is 0 Å². The average Bonchev–Trinajstić information content (AvgIpc) is 2.61. The van der Waals surface area contributed by atoms with Crippen LogP contribution in [0, 0.1) is 5.82 Å². The first-order valence-electron chi connectivity index (χ1n) is 8.61. The van der Waals surface area contributed by atoms with Crippen LogP contribution in [0.1, 0.15) is 31.7 Å². The zero-order chi connectivity index (χ0) is 17.3. The number of hydrogen-bond acceptors (Lipinski definition) is 3. The van der Waals surface area contributed by atoms with Gasteiger partial charge in [0.05, 0.1) is 6.54 Å². The summed E-state index contributed by atoms with van der Waals surface area (Å²) in [6.07, 6.45) is 2.61. The summed E-state index contributed by atoms with van der Waals surface area (Å²) in [5, 5.41) is 3.12. The highest BCUT2D eigenvalue weighted by Crippen LogP contribution is 2.35. The lowest BCUT2D eigenvalue weighted by atomic mass is 9.74. The molecule has 0 aliphatic carbocycles. The van der Waals surface area contributed by atoms with Gasteiger partial charge in [-0.25, -0.2) is 4.39 Å². The Morgan fingerprint density at radius 2 is 2.00 bits per heavy atom. The van der Waals surface area contributed by atoms with Crippen molar-refractivity contribution < 1.29 is 13.9 Å². The normalized spacial score (nSPS) is 17.0. The van der Waals surface area contributed by atoms with E-state index in [0.29, 0.717) is 32.3 Å². The van der Waals surface area contributed by atoms with Gasteiger partial charge in [-0.15, -0.1) is 24.0 Å². The van der Waals surface area contributed by atoms with Gasteiger partial charge in [-0.1, -0.05) is 12.1 Å². The highest BCUT2D eigenvalue weighted by molar-refractivity contribution is 14.0. The molecule has 0 bridgehead atoms. The quantitative estimate of drug-likeness (QED) is 0.268. The van der Waals surface area contributed by atoms with E-state index in [1.54, 1.807) is 0 Å². The van der Waals surface area contributed by atoms with Crippen LogP contribution in [0.3, 0.4) is 0 Å². The van der Waals surface area contributed by atoms with E-state index in [9.17, 15) is 4.39 Å². The lowest BCUT2D eigenvalue weighted by Crippen LogP contribution is -2.39. The van der Waals surface area contributed by atoms with Gasteiger partial charge in [-0.05, 0) is 43.9 Å². The molecule has 1 saturated heterocycles. The molecule has 1 aliphatic rings. The van der Waals surface area contributed by atoms with Crippen LogP contribution in [0.15, 0.2) is 29.3 Å². The van der Waals surface area contributed by atoms with Crippen LogP contribution < -0.4 is 11.1 Å². The molecule has 3 N–H and O–H groups in total. The van der Waals surface area contributed by atoms with Crippen LogP contribution in [-0.4, -0.2) is 45.5 Å². The minimum absolute atomic E-state index is 0. The predicted molar refractivity (Wildman–Crippen MR) is 109 cm³/mol. The molecule has 0 aromatic heterocycles. The van der Waals surface area contributed by atoms with E-state index in [0.717, 1.165) is 38.0 Å². The summed E-state index contributed by atoms with van der Waals surface area (Å²) in [4.78, 5) is 4.53. The second kappa shape index (κ2) is 11.6. The Morgan fingerprint density at radius 1 is 1.32 bits per heavy atom. The molecule has 0 saturated carbocycles. The third-order valence-corrected chi connectivity index (χ3v) is 4.43. The molecular formula is C18H29FIN3O2. The van der Waals surface area contributed by atoms with E-state index in [1.165, 1.54) is 12.1 Å². The smallest absolute Gasteiger partial charge is 0.188 e. The van der Waals surface area contributed by atoms with Gasteiger partial charge in [-0.3, -0.25) is 4.99 Å². The fourth-order valence-corrected chi connectivity index (χ4v) is 2.93. The summed E-state index contributed by atoms with van der Waals surface area (Å²) in [5.74, 6) is 0.222. The number of nitrogens with zero attached hydrogens (tertiary/aromatic N) is 1. The standard InChI is InChI=1S/C18H28FN3O2.HI/c1-2-23-11-3-10-21-17(20)22-14-18(8-12-24-13-9-18)15-4-6-16(19)7-5-15;/h4-7H,2-3,8-14H2,1H3,(H3,20,21,22);1H. The Kier molecular flexibility index (Phi) is 10.3. The van der Waals surface area contributed by atoms with Gasteiger partial charge in [0.25, 0.3) is 0 Å². The summed E-state index contributed by atoms with van der Waals surface area (Å²) in [6, 6.07) is 6.71. The number of rotatable bonds is 8. The molecule has 142 valence electrons. The van der Waals surface area contributed by atoms with Gasteiger partial charge in [0.1, 0.15) is 5.82 Å². The topological polar surface area (TPSA) is 68.9 Å². The van der Waals surface area contributed by atoms with Gasteiger partial charge in [0.2, 0.25) is 0 Å². The lowest BCUT2D eigenvalue weighted by molar-refractivity contribution is 0.0531. The van der Waals surface area contributed by atoms with Gasteiger partial charge in [-0.2, -0.15) is 0 Å². The zero-order valence-corrected chi connectivity index (χ0v) is 17.1. The van der Waals surface area contributed by atoms with Crippen molar-refractivity contribution in [1.29, 1.82) is 0 Å². The van der Waals surface area contributed by atoms with Crippen molar-refractivity contribution in [3.05, 3.63) is 35.6 Å². The molecule has 0 spiro atoms. The third kappa shape index (κ3) is 7.07. The van der Waals surface area contributed by atoms with Crippen LogP contribution >= 0.6 is 24.0 Å². The number of hydrogen-bond donors (Lipinski definition) is 2. The van der Waals surface area contributed by atoms with Gasteiger partial charge < -0.3 is 20.5 Å². The number of halogens is 2. The number of nitrogens with two attached hydrogens (primary N) is 1. The highest BCUT2D eigenvalue weighted by Gasteiger charge is 2.34. The van der Waals surface area contributed by atoms with E-state index >= 15 is 0 Å². The maximum atomic E-state index is 13.2. The summed E-state index contributed by atoms with van der Waals surface area (Å²) >= 11 is 0. The zero-order valence-electron chi connectivity index (χ0n) is 14.8. The number of ether oxygens (including phenoxy) is 2. The van der Waals surface area contributed by atoms with Gasteiger partial charge in [0.15, 0.2) is 5.96 Å². The molecular weight excluding hydrogens is 436 g/mol. The molecule has 1 fully saturated rings. The second-order valence-electron chi connectivity index (χ2n) is 6.08. The number of aliphatic imine (C=N–C) groups is 1. The second-order valence-corrected chi connectivity index (χ2v) is 6.08. The van der Waals surface area contributed by atoms with E-state index in [4.69, 9.17) is 15.2 Å². The van der Waals surface area contributed by atoms with Gasteiger partial charge >= 0.3 is 0 Å². The predicted octanol–water partition coefficient (Wildman–Crippen LogP) is 2.82. The molecule has 7 heteroatoms. The summed E-state index contributed by atoms with van der Waals surface area (Å²) < 4.78 is 24.0. The monoisotopic (exact) mass is 465 g/mol. The first kappa shape index (κ1) is 22.1. The van der Waals surface area contributed by atoms with Crippen LogP contribution in [0.5, 0.6) is 0 Å². The first-order chi connectivity index (χ1) is 11.7. The molecule has 2 rings (SSSR count). The average molecular weight is 465 g/mol. The maximum Gasteiger partial charge on any atom is 0.188 e. The Labute approximate surface area is 166 Å². The molecule has 0 radical (unpaired) electrons. The SMILES string of the molecule is CCOCCCNC(N)=NCC1(c2ccc(F)cc2)CCOCC1.I. The highest BCUT2D eigenvalue weighted by atomic mass is 127. The molecule has 1 heterocycles. The first-order valence-corrected chi connectivity index (χ1v) is 8.61. The summed E-state index contributed by atoms with van der Waals surface area (Å²) in [6.45, 7) is 6.11. The summed E-state index contributed by atoms with van der Waals surface area (Å²) in [5.41, 5.74) is 6.94. The fourth-order valence-electron chi connectivity index (χ4n) is 2.93. The van der Waals surface area contributed by atoms with Crippen LogP contribution in [0.4, 0.5) is 4.39 Å². The van der Waals surface area contributed by atoms with E-state index < -0.39 is 0 Å². The Hall–Kier alpha value is -0.930. The van der Waals surface area contributed by atoms with Crippen molar-refractivity contribution in [2.75, 3.05) is 39.5 Å². The van der Waals surface area contributed by atoms with Crippen molar-refractivity contribution in [1.82, 2.24) is 5.32 Å². The Balaban J connectivity index is 0.00000312. The molecule has 5 nitrogen and oxygen atoms in total. The van der Waals surface area contributed by atoms with Gasteiger partial charge in [0, 0.05) is 38.4 Å². The lowest BCUT2D eigenvalue weighted by Gasteiger charge is -2.36. The van der Waals surface area contributed by atoms with Crippen molar-refractivity contribution >= 4 is 29.9 Å². The summed E-state index contributed by atoms with van der Waals surface area (Å²) in [7, 11) is 0. The van der Waals surface area contributed by atoms with Crippen molar-refractivity contribution in [2.24, 2.45) is 10.7 Å². The molecule has 0 unspecified atom stereocenters. The Bertz CT molecular complexity index is 520. The maximum absolute atomic E-state index is 13.2. The Morgan fingerprint density at radius 3 is 2.64 bits per heavy atom. The number of guanidine groups is 1. The minimum Gasteiger partial charge on any atom is -0.382 e. The largest absolute Gasteiger partial charge is 0.382 e. The van der Waals surface area contributed by atoms with Crippen LogP contribution in [0.2, 0.25) is 0 Å². The third-order valence-electron chi connectivity index (χ3n) is 4.43. The molecule has 1 aromatic rings. The van der Waals surface area contributed by atoms with E-state index in [-0.39, 0.29) is 35.2 Å². The molecule has 1 aromatic carbocycles. The fraction of sp³-hybridized carbons (Fsp3) is 0.611. The number of benzene rings is 1. The van der Waals surface area contributed by atoms with E-state index in [2.05, 4.69) is 10.3 Å². The molecule has 25 heavy (non-hydrogen) atoms. The van der Waals surface area contributed by atoms with Crippen molar-refractivity contribution in [2.45, 2.75) is 31.6 Å². The minimum atomic E-state index is -0.222. The molecule has 0 atom stereocenters. The van der Waals surface area contributed by atoms with Crippen LogP contribution in [0.25, 0.3) is 0 Å².